The van der Waals surface area contributed by atoms with Crippen LogP contribution in [0.1, 0.15) is 24.3 Å². The first-order valence-corrected chi connectivity index (χ1v) is 9.41. The minimum atomic E-state index is -3.31. The Morgan fingerprint density at radius 3 is 2.46 bits per heavy atom. The lowest BCUT2D eigenvalue weighted by molar-refractivity contribution is 0.302. The minimum Gasteiger partial charge on any atom is -0.266 e. The minimum absolute atomic E-state index is 0.355. The molecule has 1 aliphatic heterocycles. The summed E-state index contributed by atoms with van der Waals surface area (Å²) < 4.78 is 29.1. The number of nitrogens with zero attached hydrogens (tertiary/aromatic N) is 5. The number of piperidine rings is 1. The molecule has 24 heavy (non-hydrogen) atoms. The van der Waals surface area contributed by atoms with Crippen molar-refractivity contribution in [2.24, 2.45) is 7.05 Å². The van der Waals surface area contributed by atoms with Gasteiger partial charge in [0.25, 0.3) is 10.2 Å². The Labute approximate surface area is 143 Å². The topological polar surface area (TPSA) is 71.3 Å². The molecule has 0 radical (unpaired) electrons. The normalized spacial score (nSPS) is 17.5. The predicted molar refractivity (Wildman–Crippen MR) is 92.6 cm³/mol. The highest BCUT2D eigenvalue weighted by Crippen LogP contribution is 2.31. The zero-order valence-electron chi connectivity index (χ0n) is 14.3. The molecule has 2 aromatic rings. The molecule has 0 unspecified atom stereocenters. The SMILES string of the molecule is CN(C)S(=O)(=O)N1CCC(c2ccnc(-c3ccnn3C)c2)CC1. The van der Waals surface area contributed by atoms with E-state index in [2.05, 4.69) is 16.1 Å². The van der Waals surface area contributed by atoms with Crippen molar-refractivity contribution in [3.05, 3.63) is 36.2 Å². The van der Waals surface area contributed by atoms with E-state index in [0.717, 1.165) is 24.2 Å². The van der Waals surface area contributed by atoms with E-state index < -0.39 is 10.2 Å². The maximum absolute atomic E-state index is 12.2. The van der Waals surface area contributed by atoms with E-state index in [4.69, 9.17) is 0 Å². The van der Waals surface area contributed by atoms with Crippen molar-refractivity contribution >= 4 is 10.2 Å². The maximum Gasteiger partial charge on any atom is 0.281 e. The van der Waals surface area contributed by atoms with Crippen LogP contribution in [0.5, 0.6) is 0 Å². The predicted octanol–water partition coefficient (Wildman–Crippen LogP) is 1.47. The molecule has 0 saturated carbocycles. The van der Waals surface area contributed by atoms with E-state index in [0.29, 0.717) is 19.0 Å². The average molecular weight is 349 g/mol. The number of aromatic nitrogens is 3. The lowest BCUT2D eigenvalue weighted by Crippen LogP contribution is -2.44. The second-order valence-corrected chi connectivity index (χ2v) is 8.42. The van der Waals surface area contributed by atoms with Gasteiger partial charge in [-0.3, -0.25) is 9.67 Å². The van der Waals surface area contributed by atoms with Crippen molar-refractivity contribution in [3.8, 4) is 11.4 Å². The summed E-state index contributed by atoms with van der Waals surface area (Å²) in [5.41, 5.74) is 3.09. The van der Waals surface area contributed by atoms with Crippen LogP contribution in [0.4, 0.5) is 0 Å². The van der Waals surface area contributed by atoms with Crippen molar-refractivity contribution in [2.75, 3.05) is 27.2 Å². The summed E-state index contributed by atoms with van der Waals surface area (Å²) >= 11 is 0. The Morgan fingerprint density at radius 1 is 1.17 bits per heavy atom. The number of pyridine rings is 1. The smallest absolute Gasteiger partial charge is 0.266 e. The van der Waals surface area contributed by atoms with Gasteiger partial charge in [-0.15, -0.1) is 0 Å². The summed E-state index contributed by atoms with van der Waals surface area (Å²) in [4.78, 5) is 4.44. The molecule has 0 aromatic carbocycles. The van der Waals surface area contributed by atoms with Gasteiger partial charge in [-0.25, -0.2) is 0 Å². The summed E-state index contributed by atoms with van der Waals surface area (Å²) in [7, 11) is 1.73. The summed E-state index contributed by atoms with van der Waals surface area (Å²) in [5, 5.41) is 4.19. The Bertz CT molecular complexity index is 807. The summed E-state index contributed by atoms with van der Waals surface area (Å²) in [6.45, 7) is 1.10. The first kappa shape index (κ1) is 17.1. The molecule has 2 aromatic heterocycles. The molecule has 0 amide bonds. The van der Waals surface area contributed by atoms with Crippen LogP contribution in [0.25, 0.3) is 11.4 Å². The van der Waals surface area contributed by atoms with E-state index >= 15 is 0 Å². The largest absolute Gasteiger partial charge is 0.281 e. The molecule has 0 spiro atoms. The van der Waals surface area contributed by atoms with Gasteiger partial charge in [0.1, 0.15) is 0 Å². The van der Waals surface area contributed by atoms with E-state index in [1.165, 1.54) is 9.87 Å². The third-order valence-electron chi connectivity index (χ3n) is 4.58. The molecule has 3 heterocycles. The van der Waals surface area contributed by atoms with Gasteiger partial charge in [-0.1, -0.05) is 0 Å². The third-order valence-corrected chi connectivity index (χ3v) is 6.52. The van der Waals surface area contributed by atoms with Crippen LogP contribution >= 0.6 is 0 Å². The molecule has 0 bridgehead atoms. The Hall–Kier alpha value is -1.77. The van der Waals surface area contributed by atoms with Gasteiger partial charge in [-0.05, 0) is 42.5 Å². The standard InChI is InChI=1S/C16H23N5O2S/c1-19(2)24(22,23)21-10-6-13(7-11-21)14-4-8-17-15(12-14)16-5-9-18-20(16)3/h4-5,8-9,12-13H,6-7,10-11H2,1-3H3. The highest BCUT2D eigenvalue weighted by atomic mass is 32.2. The van der Waals surface area contributed by atoms with Gasteiger partial charge in [0.15, 0.2) is 0 Å². The molecule has 8 heteroatoms. The lowest BCUT2D eigenvalue weighted by atomic mass is 9.90. The fourth-order valence-electron chi connectivity index (χ4n) is 3.12. The van der Waals surface area contributed by atoms with Crippen LogP contribution in [-0.4, -0.2) is 59.0 Å². The van der Waals surface area contributed by atoms with Gasteiger partial charge >= 0.3 is 0 Å². The summed E-state index contributed by atoms with van der Waals surface area (Å²) in [6, 6.07) is 6.07. The summed E-state index contributed by atoms with van der Waals surface area (Å²) in [5.74, 6) is 0.355. The Morgan fingerprint density at radius 2 is 1.88 bits per heavy atom. The van der Waals surface area contributed by atoms with Gasteiger partial charge < -0.3 is 0 Å². The van der Waals surface area contributed by atoms with Crippen molar-refractivity contribution in [3.63, 3.8) is 0 Å². The second-order valence-electron chi connectivity index (χ2n) is 6.28. The average Bonchev–Trinajstić information content (AvgIpc) is 3.01. The fourth-order valence-corrected chi connectivity index (χ4v) is 4.25. The van der Waals surface area contributed by atoms with Gasteiger partial charge in [-0.2, -0.15) is 22.1 Å². The number of aryl methyl sites for hydroxylation is 1. The Balaban J connectivity index is 1.75. The van der Waals surface area contributed by atoms with Gasteiger partial charge in [0.2, 0.25) is 0 Å². The van der Waals surface area contributed by atoms with Crippen LogP contribution in [0.3, 0.4) is 0 Å². The van der Waals surface area contributed by atoms with E-state index in [1.54, 1.807) is 29.3 Å². The fraction of sp³-hybridized carbons (Fsp3) is 0.500. The molecule has 1 aliphatic rings. The molecule has 3 rings (SSSR count). The first-order chi connectivity index (χ1) is 11.4. The molecular formula is C16H23N5O2S. The number of rotatable bonds is 4. The van der Waals surface area contributed by atoms with Gasteiger partial charge in [0, 0.05) is 46.6 Å². The first-order valence-electron chi connectivity index (χ1n) is 8.01. The maximum atomic E-state index is 12.2. The van der Waals surface area contributed by atoms with E-state index in [9.17, 15) is 8.42 Å². The quantitative estimate of drug-likeness (QED) is 0.838. The van der Waals surface area contributed by atoms with Crippen LogP contribution in [0.15, 0.2) is 30.6 Å². The molecular weight excluding hydrogens is 326 g/mol. The molecule has 7 nitrogen and oxygen atoms in total. The number of hydrogen-bond acceptors (Lipinski definition) is 4. The molecule has 0 aliphatic carbocycles. The monoisotopic (exact) mass is 349 g/mol. The molecule has 0 atom stereocenters. The molecule has 1 fully saturated rings. The number of hydrogen-bond donors (Lipinski definition) is 0. The van der Waals surface area contributed by atoms with Crippen molar-refractivity contribution in [1.82, 2.24) is 23.4 Å². The zero-order chi connectivity index (χ0) is 17.3. The van der Waals surface area contributed by atoms with Crippen LogP contribution in [-0.2, 0) is 17.3 Å². The van der Waals surface area contributed by atoms with Crippen LogP contribution in [0.2, 0.25) is 0 Å². The van der Waals surface area contributed by atoms with Crippen molar-refractivity contribution < 1.29 is 8.42 Å². The molecule has 130 valence electrons. The van der Waals surface area contributed by atoms with Crippen LogP contribution < -0.4 is 0 Å². The highest BCUT2D eigenvalue weighted by Gasteiger charge is 2.30. The molecule has 0 N–H and O–H groups in total. The van der Waals surface area contributed by atoms with Crippen molar-refractivity contribution in [2.45, 2.75) is 18.8 Å². The molecule has 1 saturated heterocycles. The van der Waals surface area contributed by atoms with Gasteiger partial charge in [0.05, 0.1) is 11.4 Å². The van der Waals surface area contributed by atoms with Crippen molar-refractivity contribution in [1.29, 1.82) is 0 Å². The summed E-state index contributed by atoms with van der Waals surface area (Å²) in [6.07, 6.45) is 5.22. The zero-order valence-corrected chi connectivity index (χ0v) is 15.1. The van der Waals surface area contributed by atoms with E-state index in [1.807, 2.05) is 25.4 Å². The Kier molecular flexibility index (Phi) is 4.71. The highest BCUT2D eigenvalue weighted by molar-refractivity contribution is 7.86. The second kappa shape index (κ2) is 6.62. The lowest BCUT2D eigenvalue weighted by Gasteiger charge is -2.33. The van der Waals surface area contributed by atoms with E-state index in [-0.39, 0.29) is 0 Å². The third kappa shape index (κ3) is 3.22. The van der Waals surface area contributed by atoms with Crippen LogP contribution in [0, 0.1) is 0 Å².